The molecule has 1 N–H and O–H groups in total. The van der Waals surface area contributed by atoms with Gasteiger partial charge in [0.05, 0.1) is 0 Å². The highest BCUT2D eigenvalue weighted by Crippen LogP contribution is 2.31. The van der Waals surface area contributed by atoms with Gasteiger partial charge < -0.3 is 19.7 Å². The van der Waals surface area contributed by atoms with Crippen LogP contribution in [0.5, 0.6) is 11.5 Å². The second kappa shape index (κ2) is 13.5. The zero-order valence-corrected chi connectivity index (χ0v) is 22.8. The van der Waals surface area contributed by atoms with Gasteiger partial charge in [0.15, 0.2) is 11.5 Å². The average Bonchev–Trinajstić information content (AvgIpc) is 2.99. The van der Waals surface area contributed by atoms with Gasteiger partial charge in [-0.3, -0.25) is 9.59 Å². The van der Waals surface area contributed by atoms with Crippen LogP contribution in [0.4, 0.5) is 4.39 Å². The van der Waals surface area contributed by atoms with E-state index in [0.717, 1.165) is 36.8 Å². The van der Waals surface area contributed by atoms with Gasteiger partial charge in [0, 0.05) is 31.0 Å². The fraction of sp³-hybridized carbons (Fsp3) is 0.394. The molecule has 0 spiro atoms. The quantitative estimate of drug-likeness (QED) is 0.360. The Bertz CT molecular complexity index is 1290. The van der Waals surface area contributed by atoms with Crippen molar-refractivity contribution in [2.75, 3.05) is 13.2 Å². The normalized spacial score (nSPS) is 15.7. The van der Waals surface area contributed by atoms with Crippen molar-refractivity contribution in [1.29, 1.82) is 0 Å². The van der Waals surface area contributed by atoms with Crippen LogP contribution in [0, 0.1) is 5.82 Å². The molecular formula is C33H37FN2O4. The van der Waals surface area contributed by atoms with Crippen LogP contribution in [0.15, 0.2) is 72.8 Å². The zero-order chi connectivity index (χ0) is 27.7. The van der Waals surface area contributed by atoms with Crippen LogP contribution in [-0.2, 0) is 29.0 Å². The Balaban J connectivity index is 1.40. The van der Waals surface area contributed by atoms with E-state index in [1.54, 1.807) is 23.1 Å². The molecule has 40 heavy (non-hydrogen) atoms. The smallest absolute Gasteiger partial charge is 0.243 e. The molecular weight excluding hydrogens is 507 g/mol. The molecule has 1 fully saturated rings. The summed E-state index contributed by atoms with van der Waals surface area (Å²) in [7, 11) is 0. The second-order valence-electron chi connectivity index (χ2n) is 10.6. The van der Waals surface area contributed by atoms with E-state index in [2.05, 4.69) is 5.32 Å². The minimum Gasteiger partial charge on any atom is -0.486 e. The predicted molar refractivity (Wildman–Crippen MR) is 152 cm³/mol. The maximum absolute atomic E-state index is 14.8. The van der Waals surface area contributed by atoms with E-state index in [-0.39, 0.29) is 30.8 Å². The Morgan fingerprint density at radius 2 is 1.60 bits per heavy atom. The summed E-state index contributed by atoms with van der Waals surface area (Å²) in [6.07, 6.45) is 6.22. The van der Waals surface area contributed by atoms with Gasteiger partial charge in [-0.1, -0.05) is 73.9 Å². The first kappa shape index (κ1) is 27.7. The molecule has 5 rings (SSSR count). The molecule has 0 bridgehead atoms. The number of nitrogens with one attached hydrogen (secondary N) is 1. The highest BCUT2D eigenvalue weighted by molar-refractivity contribution is 5.88. The highest BCUT2D eigenvalue weighted by atomic mass is 19.1. The van der Waals surface area contributed by atoms with Gasteiger partial charge in [-0.05, 0) is 48.6 Å². The molecule has 7 heteroatoms. The summed E-state index contributed by atoms with van der Waals surface area (Å²) in [5.74, 6) is 0.606. The van der Waals surface area contributed by atoms with Gasteiger partial charge in [-0.25, -0.2) is 4.39 Å². The molecule has 0 aromatic heterocycles. The molecule has 0 radical (unpaired) electrons. The summed E-state index contributed by atoms with van der Waals surface area (Å²) in [6.45, 7) is 1.02. The van der Waals surface area contributed by atoms with Crippen molar-refractivity contribution < 1.29 is 23.5 Å². The Labute approximate surface area is 235 Å². The largest absolute Gasteiger partial charge is 0.486 e. The topological polar surface area (TPSA) is 67.9 Å². The first-order chi connectivity index (χ1) is 19.6. The molecule has 2 aliphatic rings. The number of halogens is 1. The summed E-state index contributed by atoms with van der Waals surface area (Å²) in [5, 5.41) is 3.23. The van der Waals surface area contributed by atoms with Gasteiger partial charge >= 0.3 is 0 Å². The van der Waals surface area contributed by atoms with Crippen LogP contribution in [0.2, 0.25) is 0 Å². The summed E-state index contributed by atoms with van der Waals surface area (Å²) in [5.41, 5.74) is 2.28. The molecule has 1 heterocycles. The molecule has 3 aromatic carbocycles. The molecule has 210 valence electrons. The maximum atomic E-state index is 14.8. The standard InChI is InChI=1S/C33H37FN2O4/c34-28-14-8-7-11-26(28)23-36(32(37)18-16-25-15-17-30-31(22-25)40-20-19-39-30)29(21-24-9-3-1-4-10-24)33(38)35-27-12-5-2-6-13-27/h1,3-4,7-11,14-15,17,22,27,29H,2,5-6,12-13,16,18-21,23H2,(H,35,38)/t29-/m1/s1. The van der Waals surface area contributed by atoms with E-state index >= 15 is 0 Å². The Hall–Kier alpha value is -3.87. The third-order valence-corrected chi connectivity index (χ3v) is 7.76. The third-order valence-electron chi connectivity index (χ3n) is 7.76. The van der Waals surface area contributed by atoms with Crippen molar-refractivity contribution >= 4 is 11.8 Å². The number of amides is 2. The number of carbonyl (C=O) groups excluding carboxylic acids is 2. The number of ether oxygens (including phenoxy) is 2. The van der Waals surface area contributed by atoms with Crippen LogP contribution in [-0.4, -0.2) is 42.0 Å². The first-order valence-corrected chi connectivity index (χ1v) is 14.3. The molecule has 0 saturated heterocycles. The van der Waals surface area contributed by atoms with Crippen molar-refractivity contribution in [1.82, 2.24) is 10.2 Å². The van der Waals surface area contributed by atoms with E-state index in [1.165, 1.54) is 12.5 Å². The number of nitrogens with zero attached hydrogens (tertiary/aromatic N) is 1. The molecule has 1 aliphatic heterocycles. The Morgan fingerprint density at radius 3 is 2.38 bits per heavy atom. The Kier molecular flexibility index (Phi) is 9.32. The van der Waals surface area contributed by atoms with E-state index in [1.807, 2.05) is 48.5 Å². The fourth-order valence-electron chi connectivity index (χ4n) is 5.55. The van der Waals surface area contributed by atoms with E-state index in [9.17, 15) is 14.0 Å². The van der Waals surface area contributed by atoms with Crippen molar-refractivity contribution in [3.63, 3.8) is 0 Å². The Morgan fingerprint density at radius 1 is 0.875 bits per heavy atom. The van der Waals surface area contributed by atoms with Crippen molar-refractivity contribution in [2.45, 2.75) is 70.0 Å². The molecule has 1 saturated carbocycles. The summed E-state index contributed by atoms with van der Waals surface area (Å²) in [4.78, 5) is 29.3. The van der Waals surface area contributed by atoms with Crippen molar-refractivity contribution in [3.05, 3.63) is 95.3 Å². The van der Waals surface area contributed by atoms with Gasteiger partial charge in [0.2, 0.25) is 11.8 Å². The van der Waals surface area contributed by atoms with Crippen LogP contribution in [0.3, 0.4) is 0 Å². The van der Waals surface area contributed by atoms with Crippen LogP contribution >= 0.6 is 0 Å². The third kappa shape index (κ3) is 7.20. The molecule has 2 amide bonds. The van der Waals surface area contributed by atoms with Crippen LogP contribution in [0.1, 0.15) is 55.2 Å². The van der Waals surface area contributed by atoms with Crippen LogP contribution < -0.4 is 14.8 Å². The number of carbonyl (C=O) groups is 2. The highest BCUT2D eigenvalue weighted by Gasteiger charge is 2.32. The lowest BCUT2D eigenvalue weighted by Crippen LogP contribution is -2.53. The molecule has 3 aromatic rings. The summed E-state index contributed by atoms with van der Waals surface area (Å²) in [6, 6.07) is 21.2. The zero-order valence-electron chi connectivity index (χ0n) is 22.8. The number of hydrogen-bond acceptors (Lipinski definition) is 4. The van der Waals surface area contributed by atoms with E-state index < -0.39 is 11.9 Å². The minimum absolute atomic E-state index is 0.0161. The average molecular weight is 545 g/mol. The summed E-state index contributed by atoms with van der Waals surface area (Å²) < 4.78 is 26.1. The van der Waals surface area contributed by atoms with E-state index in [0.29, 0.717) is 43.1 Å². The maximum Gasteiger partial charge on any atom is 0.243 e. The lowest BCUT2D eigenvalue weighted by atomic mass is 9.94. The molecule has 6 nitrogen and oxygen atoms in total. The summed E-state index contributed by atoms with van der Waals surface area (Å²) >= 11 is 0. The van der Waals surface area contributed by atoms with Gasteiger partial charge in [0.1, 0.15) is 25.1 Å². The van der Waals surface area contributed by atoms with Crippen molar-refractivity contribution in [3.8, 4) is 11.5 Å². The fourth-order valence-corrected chi connectivity index (χ4v) is 5.55. The van der Waals surface area contributed by atoms with Crippen molar-refractivity contribution in [2.24, 2.45) is 0 Å². The monoisotopic (exact) mass is 544 g/mol. The molecule has 1 atom stereocenters. The van der Waals surface area contributed by atoms with Gasteiger partial charge in [0.25, 0.3) is 0 Å². The molecule has 0 unspecified atom stereocenters. The number of aryl methyl sites for hydroxylation is 1. The molecule has 1 aliphatic carbocycles. The van der Waals surface area contributed by atoms with Gasteiger partial charge in [-0.2, -0.15) is 0 Å². The minimum atomic E-state index is -0.767. The van der Waals surface area contributed by atoms with Crippen LogP contribution in [0.25, 0.3) is 0 Å². The number of fused-ring (bicyclic) bond motifs is 1. The van der Waals surface area contributed by atoms with E-state index in [4.69, 9.17) is 9.47 Å². The second-order valence-corrected chi connectivity index (χ2v) is 10.6. The number of rotatable bonds is 10. The number of hydrogen-bond donors (Lipinski definition) is 1. The number of benzene rings is 3. The lowest BCUT2D eigenvalue weighted by molar-refractivity contribution is -0.141. The SMILES string of the molecule is O=C(NC1CCCCC1)[C@@H](Cc1ccccc1)N(Cc1ccccc1F)C(=O)CCc1ccc2c(c1)OCCO2. The van der Waals surface area contributed by atoms with Gasteiger partial charge in [-0.15, -0.1) is 0 Å². The lowest BCUT2D eigenvalue weighted by Gasteiger charge is -2.33. The predicted octanol–water partition coefficient (Wildman–Crippen LogP) is 5.62. The first-order valence-electron chi connectivity index (χ1n) is 14.3.